The summed E-state index contributed by atoms with van der Waals surface area (Å²) in [6, 6.07) is 8.23. The predicted molar refractivity (Wildman–Crippen MR) is 73.4 cm³/mol. The fraction of sp³-hybridized carbons (Fsp3) is 0.500. The molecule has 0 bridgehead atoms. The van der Waals surface area contributed by atoms with Gasteiger partial charge in [-0.05, 0) is 24.2 Å². The number of likely N-dealkylation sites (N-methyl/N-ethyl adjacent to an activating group) is 1. The number of anilines is 1. The second kappa shape index (κ2) is 5.85. The van der Waals surface area contributed by atoms with E-state index in [0.717, 1.165) is 49.5 Å². The van der Waals surface area contributed by atoms with Gasteiger partial charge in [-0.1, -0.05) is 13.0 Å². The molecular weight excluding hydrogens is 224 g/mol. The summed E-state index contributed by atoms with van der Waals surface area (Å²) < 4.78 is 0. The van der Waals surface area contributed by atoms with E-state index < -0.39 is 0 Å². The van der Waals surface area contributed by atoms with E-state index in [-0.39, 0.29) is 0 Å². The van der Waals surface area contributed by atoms with Gasteiger partial charge >= 0.3 is 0 Å². The lowest BCUT2D eigenvalue weighted by Crippen LogP contribution is -2.46. The van der Waals surface area contributed by atoms with Crippen molar-refractivity contribution < 1.29 is 0 Å². The van der Waals surface area contributed by atoms with Gasteiger partial charge in [0, 0.05) is 32.7 Å². The third-order valence-electron chi connectivity index (χ3n) is 3.58. The first-order chi connectivity index (χ1) is 8.78. The van der Waals surface area contributed by atoms with Crippen LogP contribution in [0, 0.1) is 11.3 Å². The molecule has 1 aromatic rings. The first-order valence-corrected chi connectivity index (χ1v) is 6.49. The molecule has 0 radical (unpaired) electrons. The number of benzene rings is 1. The molecule has 4 nitrogen and oxygen atoms in total. The molecule has 0 saturated carbocycles. The van der Waals surface area contributed by atoms with Crippen molar-refractivity contribution in [2.45, 2.75) is 13.5 Å². The highest BCUT2D eigenvalue weighted by Crippen LogP contribution is 2.22. The molecule has 0 atom stereocenters. The Morgan fingerprint density at radius 3 is 2.56 bits per heavy atom. The number of rotatable bonds is 3. The lowest BCUT2D eigenvalue weighted by atomic mass is 10.1. The van der Waals surface area contributed by atoms with Crippen LogP contribution in [-0.2, 0) is 6.54 Å². The van der Waals surface area contributed by atoms with E-state index in [2.05, 4.69) is 22.8 Å². The lowest BCUT2D eigenvalue weighted by molar-refractivity contribution is 0.271. The van der Waals surface area contributed by atoms with Gasteiger partial charge in [0.15, 0.2) is 0 Å². The van der Waals surface area contributed by atoms with Crippen molar-refractivity contribution >= 4 is 5.69 Å². The maximum atomic E-state index is 9.24. The molecule has 96 valence electrons. The molecule has 1 aliphatic heterocycles. The second-order valence-corrected chi connectivity index (χ2v) is 4.59. The zero-order chi connectivity index (χ0) is 13.0. The van der Waals surface area contributed by atoms with Crippen molar-refractivity contribution in [1.82, 2.24) is 4.90 Å². The summed E-state index contributed by atoms with van der Waals surface area (Å²) in [5.74, 6) is 0. The molecule has 4 heteroatoms. The molecule has 0 spiro atoms. The number of piperazine rings is 1. The van der Waals surface area contributed by atoms with Crippen LogP contribution in [0.1, 0.15) is 18.1 Å². The van der Waals surface area contributed by atoms with Gasteiger partial charge in [0.05, 0.1) is 11.3 Å². The Bertz CT molecular complexity index is 442. The molecule has 2 rings (SSSR count). The van der Waals surface area contributed by atoms with Crippen LogP contribution in [0.15, 0.2) is 18.2 Å². The van der Waals surface area contributed by atoms with Gasteiger partial charge in [-0.15, -0.1) is 0 Å². The van der Waals surface area contributed by atoms with Crippen LogP contribution >= 0.6 is 0 Å². The maximum absolute atomic E-state index is 9.24. The summed E-state index contributed by atoms with van der Waals surface area (Å²) in [4.78, 5) is 4.72. The molecule has 1 saturated heterocycles. The normalized spacial score (nSPS) is 16.6. The van der Waals surface area contributed by atoms with Crippen molar-refractivity contribution in [3.8, 4) is 6.07 Å². The third kappa shape index (κ3) is 2.63. The number of nitrogens with zero attached hydrogens (tertiary/aromatic N) is 3. The van der Waals surface area contributed by atoms with Crippen LogP contribution in [0.3, 0.4) is 0 Å². The van der Waals surface area contributed by atoms with Crippen LogP contribution in [0.5, 0.6) is 0 Å². The van der Waals surface area contributed by atoms with E-state index in [4.69, 9.17) is 5.73 Å². The van der Waals surface area contributed by atoms with E-state index in [0.29, 0.717) is 6.54 Å². The molecular formula is C14H20N4. The minimum Gasteiger partial charge on any atom is -0.368 e. The number of hydrogen-bond acceptors (Lipinski definition) is 4. The zero-order valence-electron chi connectivity index (χ0n) is 10.9. The van der Waals surface area contributed by atoms with Crippen molar-refractivity contribution in [3.05, 3.63) is 29.3 Å². The molecule has 0 amide bonds. The van der Waals surface area contributed by atoms with Crippen LogP contribution < -0.4 is 10.6 Å². The standard InChI is InChI=1S/C14H20N4/c1-2-17-5-7-18(8-6-17)14-4-3-12(10-15)9-13(14)11-16/h3-4,9H,2,5-8,10,15H2,1H3. The van der Waals surface area contributed by atoms with Crippen molar-refractivity contribution in [3.63, 3.8) is 0 Å². The van der Waals surface area contributed by atoms with Crippen molar-refractivity contribution in [2.24, 2.45) is 5.73 Å². The van der Waals surface area contributed by atoms with E-state index in [9.17, 15) is 5.26 Å². The fourth-order valence-corrected chi connectivity index (χ4v) is 2.38. The van der Waals surface area contributed by atoms with Gasteiger partial charge in [-0.2, -0.15) is 5.26 Å². The highest BCUT2D eigenvalue weighted by molar-refractivity contribution is 5.60. The van der Waals surface area contributed by atoms with E-state index in [1.807, 2.05) is 18.2 Å². The Labute approximate surface area is 109 Å². The second-order valence-electron chi connectivity index (χ2n) is 4.59. The Morgan fingerprint density at radius 1 is 1.28 bits per heavy atom. The summed E-state index contributed by atoms with van der Waals surface area (Å²) in [6.07, 6.45) is 0. The summed E-state index contributed by atoms with van der Waals surface area (Å²) in [5, 5.41) is 9.24. The van der Waals surface area contributed by atoms with Gasteiger partial charge in [0.2, 0.25) is 0 Å². The van der Waals surface area contributed by atoms with E-state index in [1.165, 1.54) is 0 Å². The average Bonchev–Trinajstić information content (AvgIpc) is 2.46. The quantitative estimate of drug-likeness (QED) is 0.867. The highest BCUT2D eigenvalue weighted by Gasteiger charge is 2.18. The predicted octanol–water partition coefficient (Wildman–Crippen LogP) is 1.16. The lowest BCUT2D eigenvalue weighted by Gasteiger charge is -2.36. The van der Waals surface area contributed by atoms with Gasteiger partial charge in [-0.3, -0.25) is 0 Å². The molecule has 2 N–H and O–H groups in total. The summed E-state index contributed by atoms with van der Waals surface area (Å²) in [5.41, 5.74) is 8.41. The molecule has 1 aromatic carbocycles. The highest BCUT2D eigenvalue weighted by atomic mass is 15.3. The SMILES string of the molecule is CCN1CCN(c2ccc(CN)cc2C#N)CC1. The monoisotopic (exact) mass is 244 g/mol. The minimum atomic E-state index is 0.485. The number of nitrogens with two attached hydrogens (primary N) is 1. The summed E-state index contributed by atoms with van der Waals surface area (Å²) in [6.45, 7) is 7.89. The van der Waals surface area contributed by atoms with Gasteiger partial charge in [0.1, 0.15) is 6.07 Å². The van der Waals surface area contributed by atoms with Crippen LogP contribution in [0.4, 0.5) is 5.69 Å². The molecule has 0 aliphatic carbocycles. The molecule has 0 unspecified atom stereocenters. The molecule has 1 aliphatic rings. The maximum Gasteiger partial charge on any atom is 0.101 e. The Morgan fingerprint density at radius 2 is 2.00 bits per heavy atom. The summed E-state index contributed by atoms with van der Waals surface area (Å²) in [7, 11) is 0. The number of nitriles is 1. The largest absolute Gasteiger partial charge is 0.368 e. The van der Waals surface area contributed by atoms with Crippen molar-refractivity contribution in [1.29, 1.82) is 5.26 Å². The fourth-order valence-electron chi connectivity index (χ4n) is 2.38. The van der Waals surface area contributed by atoms with Crippen LogP contribution in [-0.4, -0.2) is 37.6 Å². The first-order valence-electron chi connectivity index (χ1n) is 6.49. The van der Waals surface area contributed by atoms with E-state index in [1.54, 1.807) is 0 Å². The van der Waals surface area contributed by atoms with Crippen LogP contribution in [0.25, 0.3) is 0 Å². The minimum absolute atomic E-state index is 0.485. The van der Waals surface area contributed by atoms with Gasteiger partial charge in [-0.25, -0.2) is 0 Å². The third-order valence-corrected chi connectivity index (χ3v) is 3.58. The Hall–Kier alpha value is -1.57. The molecule has 18 heavy (non-hydrogen) atoms. The molecule has 1 fully saturated rings. The van der Waals surface area contributed by atoms with Gasteiger partial charge in [0.25, 0.3) is 0 Å². The van der Waals surface area contributed by atoms with E-state index >= 15 is 0 Å². The molecule has 1 heterocycles. The van der Waals surface area contributed by atoms with Crippen LogP contribution in [0.2, 0.25) is 0 Å². The zero-order valence-corrected chi connectivity index (χ0v) is 10.9. The Kier molecular flexibility index (Phi) is 4.19. The smallest absolute Gasteiger partial charge is 0.101 e. The topological polar surface area (TPSA) is 56.3 Å². The van der Waals surface area contributed by atoms with Gasteiger partial charge < -0.3 is 15.5 Å². The molecule has 0 aromatic heterocycles. The average molecular weight is 244 g/mol. The summed E-state index contributed by atoms with van der Waals surface area (Å²) >= 11 is 0. The van der Waals surface area contributed by atoms with Crippen molar-refractivity contribution in [2.75, 3.05) is 37.6 Å². The number of hydrogen-bond donors (Lipinski definition) is 1. The first kappa shape index (κ1) is 12.9. The Balaban J connectivity index is 2.16.